The van der Waals surface area contributed by atoms with Crippen LogP contribution in [0.3, 0.4) is 0 Å². The molecule has 4 nitrogen and oxygen atoms in total. The van der Waals surface area contributed by atoms with Gasteiger partial charge in [-0.05, 0) is 86.7 Å². The minimum absolute atomic E-state index is 0.283. The quantitative estimate of drug-likeness (QED) is 0.446. The molecule has 1 aromatic heterocycles. The summed E-state index contributed by atoms with van der Waals surface area (Å²) >= 11 is 0. The molecule has 0 aliphatic carbocycles. The van der Waals surface area contributed by atoms with Gasteiger partial charge in [0, 0.05) is 18.8 Å². The number of nitrogens with one attached hydrogen (secondary N) is 2. The lowest BCUT2D eigenvalue weighted by Gasteiger charge is -2.19. The molecular weight excluding hydrogens is 380 g/mol. The predicted octanol–water partition coefficient (Wildman–Crippen LogP) is 6.42. The Bertz CT molecular complexity index is 1070. The van der Waals surface area contributed by atoms with Crippen LogP contribution in [0.2, 0.25) is 0 Å². The number of allylic oxidation sites excluding steroid dienone is 1. The number of rotatable bonds is 8. The minimum Gasteiger partial charge on any atom is -0.354 e. The fraction of sp³-hybridized carbons (Fsp3) is 0.333. The Labute approximate surface area is 186 Å². The van der Waals surface area contributed by atoms with E-state index in [2.05, 4.69) is 97.7 Å². The topological polar surface area (TPSA) is 49.8 Å². The van der Waals surface area contributed by atoms with Gasteiger partial charge < -0.3 is 10.6 Å². The number of nitrogens with zero attached hydrogens (tertiary/aromatic N) is 2. The Kier molecular flexibility index (Phi) is 7.59. The normalized spacial score (nSPS) is 12.6. The molecule has 0 bridgehead atoms. The van der Waals surface area contributed by atoms with Crippen molar-refractivity contribution < 1.29 is 0 Å². The van der Waals surface area contributed by atoms with Crippen LogP contribution >= 0.6 is 0 Å². The highest BCUT2D eigenvalue weighted by Gasteiger charge is 2.14. The van der Waals surface area contributed by atoms with Crippen molar-refractivity contribution in [3.05, 3.63) is 76.6 Å². The second-order valence-corrected chi connectivity index (χ2v) is 8.14. The molecule has 2 N–H and O–H groups in total. The van der Waals surface area contributed by atoms with Gasteiger partial charge in [0.15, 0.2) is 0 Å². The fourth-order valence-electron chi connectivity index (χ4n) is 3.75. The van der Waals surface area contributed by atoms with Crippen molar-refractivity contribution in [1.82, 2.24) is 15.3 Å². The number of hydrogen-bond donors (Lipinski definition) is 2. The van der Waals surface area contributed by atoms with Gasteiger partial charge in [0.05, 0.1) is 5.69 Å². The van der Waals surface area contributed by atoms with Gasteiger partial charge in [-0.15, -0.1) is 0 Å². The van der Waals surface area contributed by atoms with E-state index in [1.165, 1.54) is 33.4 Å². The van der Waals surface area contributed by atoms with Gasteiger partial charge in [-0.2, -0.15) is 0 Å². The standard InChI is InChI=1S/C27H34N4/c1-7-14-29-27-30-15-13-26(31-27)19(3)17-22-9-8-10-23(20(22)4)25-16-18(2)11-12-24(25)21(5)28-6/h8-13,15-17,21,28H,7,14H2,1-6H3,(H,29,30,31)/b19-17+. The third-order valence-electron chi connectivity index (χ3n) is 5.74. The van der Waals surface area contributed by atoms with Crippen LogP contribution in [-0.2, 0) is 0 Å². The summed E-state index contributed by atoms with van der Waals surface area (Å²) in [5, 5.41) is 6.65. The Hall–Kier alpha value is -2.98. The van der Waals surface area contributed by atoms with E-state index >= 15 is 0 Å². The zero-order valence-corrected chi connectivity index (χ0v) is 19.6. The van der Waals surface area contributed by atoms with Gasteiger partial charge in [-0.1, -0.05) is 48.9 Å². The summed E-state index contributed by atoms with van der Waals surface area (Å²) in [6, 6.07) is 15.5. The van der Waals surface area contributed by atoms with E-state index in [0.29, 0.717) is 5.95 Å². The Morgan fingerprint density at radius 2 is 1.90 bits per heavy atom. The lowest BCUT2D eigenvalue weighted by atomic mass is 9.89. The molecule has 1 heterocycles. The van der Waals surface area contributed by atoms with Crippen LogP contribution in [0.25, 0.3) is 22.8 Å². The van der Waals surface area contributed by atoms with Gasteiger partial charge in [0.2, 0.25) is 5.95 Å². The zero-order chi connectivity index (χ0) is 22.4. The molecule has 1 atom stereocenters. The molecule has 0 saturated carbocycles. The molecule has 0 amide bonds. The van der Waals surface area contributed by atoms with Crippen molar-refractivity contribution in [2.24, 2.45) is 0 Å². The van der Waals surface area contributed by atoms with Crippen molar-refractivity contribution in [3.8, 4) is 11.1 Å². The van der Waals surface area contributed by atoms with Crippen LogP contribution < -0.4 is 10.6 Å². The molecule has 1 unspecified atom stereocenters. The first-order valence-electron chi connectivity index (χ1n) is 11.1. The van der Waals surface area contributed by atoms with Crippen molar-refractivity contribution in [3.63, 3.8) is 0 Å². The number of aromatic nitrogens is 2. The maximum absolute atomic E-state index is 4.68. The summed E-state index contributed by atoms with van der Waals surface area (Å²) in [5.74, 6) is 0.683. The van der Waals surface area contributed by atoms with Crippen molar-refractivity contribution in [2.75, 3.05) is 18.9 Å². The van der Waals surface area contributed by atoms with E-state index in [-0.39, 0.29) is 6.04 Å². The lowest BCUT2D eigenvalue weighted by Crippen LogP contribution is -2.13. The molecule has 0 fully saturated rings. The number of benzene rings is 2. The monoisotopic (exact) mass is 414 g/mol. The van der Waals surface area contributed by atoms with Crippen molar-refractivity contribution >= 4 is 17.6 Å². The molecule has 162 valence electrons. The number of aryl methyl sites for hydroxylation is 1. The molecule has 2 aromatic carbocycles. The average molecular weight is 415 g/mol. The first-order valence-corrected chi connectivity index (χ1v) is 11.1. The van der Waals surface area contributed by atoms with Gasteiger partial charge in [0.25, 0.3) is 0 Å². The first kappa shape index (κ1) is 22.7. The molecule has 4 heteroatoms. The van der Waals surface area contributed by atoms with Crippen LogP contribution in [-0.4, -0.2) is 23.6 Å². The fourth-order valence-corrected chi connectivity index (χ4v) is 3.75. The lowest BCUT2D eigenvalue weighted by molar-refractivity contribution is 0.653. The van der Waals surface area contributed by atoms with Crippen LogP contribution in [0, 0.1) is 13.8 Å². The van der Waals surface area contributed by atoms with E-state index < -0.39 is 0 Å². The summed E-state index contributed by atoms with van der Waals surface area (Å²) in [5.41, 5.74) is 9.70. The Balaban J connectivity index is 2.02. The van der Waals surface area contributed by atoms with Crippen molar-refractivity contribution in [1.29, 1.82) is 0 Å². The summed E-state index contributed by atoms with van der Waals surface area (Å²) in [6.07, 6.45) is 5.09. The summed E-state index contributed by atoms with van der Waals surface area (Å²) in [4.78, 5) is 9.00. The third kappa shape index (κ3) is 5.39. The predicted molar refractivity (Wildman–Crippen MR) is 133 cm³/mol. The Morgan fingerprint density at radius 3 is 2.65 bits per heavy atom. The van der Waals surface area contributed by atoms with Crippen LogP contribution in [0.1, 0.15) is 61.2 Å². The maximum Gasteiger partial charge on any atom is 0.223 e. The molecule has 0 aliphatic heterocycles. The first-order chi connectivity index (χ1) is 14.9. The molecule has 0 radical (unpaired) electrons. The Morgan fingerprint density at radius 1 is 1.10 bits per heavy atom. The van der Waals surface area contributed by atoms with Gasteiger partial charge >= 0.3 is 0 Å². The van der Waals surface area contributed by atoms with Gasteiger partial charge in [-0.25, -0.2) is 9.97 Å². The second kappa shape index (κ2) is 10.4. The SMILES string of the molecule is CCCNc1nccc(/C(C)=C/c2cccc(-c3cc(C)ccc3C(C)NC)c2C)n1. The minimum atomic E-state index is 0.283. The summed E-state index contributed by atoms with van der Waals surface area (Å²) < 4.78 is 0. The van der Waals surface area contributed by atoms with E-state index in [9.17, 15) is 0 Å². The van der Waals surface area contributed by atoms with Gasteiger partial charge in [-0.3, -0.25) is 0 Å². The summed E-state index contributed by atoms with van der Waals surface area (Å²) in [6.45, 7) is 11.7. The molecular formula is C27H34N4. The second-order valence-electron chi connectivity index (χ2n) is 8.14. The smallest absolute Gasteiger partial charge is 0.223 e. The average Bonchev–Trinajstić information content (AvgIpc) is 2.78. The highest BCUT2D eigenvalue weighted by atomic mass is 15.1. The van der Waals surface area contributed by atoms with E-state index in [0.717, 1.165) is 24.2 Å². The largest absolute Gasteiger partial charge is 0.354 e. The molecule has 31 heavy (non-hydrogen) atoms. The summed E-state index contributed by atoms with van der Waals surface area (Å²) in [7, 11) is 2.01. The zero-order valence-electron chi connectivity index (χ0n) is 19.6. The highest BCUT2D eigenvalue weighted by molar-refractivity contribution is 5.83. The van der Waals surface area contributed by atoms with Crippen LogP contribution in [0.4, 0.5) is 5.95 Å². The number of anilines is 1. The van der Waals surface area contributed by atoms with E-state index in [4.69, 9.17) is 0 Å². The van der Waals surface area contributed by atoms with Crippen LogP contribution in [0.15, 0.2) is 48.7 Å². The number of hydrogen-bond acceptors (Lipinski definition) is 4. The molecule has 0 saturated heterocycles. The van der Waals surface area contributed by atoms with Crippen LogP contribution in [0.5, 0.6) is 0 Å². The molecule has 3 rings (SSSR count). The van der Waals surface area contributed by atoms with E-state index in [1.807, 2.05) is 19.3 Å². The molecule has 0 spiro atoms. The maximum atomic E-state index is 4.68. The third-order valence-corrected chi connectivity index (χ3v) is 5.74. The highest BCUT2D eigenvalue weighted by Crippen LogP contribution is 2.33. The molecule has 0 aliphatic rings. The van der Waals surface area contributed by atoms with Crippen molar-refractivity contribution in [2.45, 2.75) is 47.1 Å². The van der Waals surface area contributed by atoms with Gasteiger partial charge in [0.1, 0.15) is 0 Å². The van der Waals surface area contributed by atoms with E-state index in [1.54, 1.807) is 0 Å². The molecule has 3 aromatic rings.